The first-order chi connectivity index (χ1) is 18.3. The Morgan fingerprint density at radius 3 is 1.00 bits per heavy atom. The second-order valence-electron chi connectivity index (χ2n) is 7.63. The summed E-state index contributed by atoms with van der Waals surface area (Å²) < 4.78 is 1.81. The van der Waals surface area contributed by atoms with Crippen LogP contribution in [0.4, 0.5) is 0 Å². The molecule has 0 fully saturated rings. The van der Waals surface area contributed by atoms with Gasteiger partial charge in [-0.3, -0.25) is 24.9 Å². The van der Waals surface area contributed by atoms with Gasteiger partial charge in [-0.2, -0.15) is 0 Å². The smallest absolute Gasteiger partial charge is 0.332 e. The minimum atomic E-state index is 0. The van der Waals surface area contributed by atoms with Crippen molar-refractivity contribution in [2.24, 2.45) is 0 Å². The van der Waals surface area contributed by atoms with E-state index in [0.717, 1.165) is 34.2 Å². The molecular formula is C31H26N6Ru+. The molecule has 6 aromatic rings. The average Bonchev–Trinajstić information content (AvgIpc) is 3.00. The van der Waals surface area contributed by atoms with Gasteiger partial charge in [-0.1, -0.05) is 42.5 Å². The predicted octanol–water partition coefficient (Wildman–Crippen LogP) is 5.96. The molecule has 6 nitrogen and oxygen atoms in total. The van der Waals surface area contributed by atoms with E-state index in [1.165, 1.54) is 0 Å². The summed E-state index contributed by atoms with van der Waals surface area (Å²) in [6, 6.07) is 34.9. The molecule has 7 heteroatoms. The number of aromatic nitrogens is 6. The molecule has 6 heterocycles. The molecular weight excluding hydrogens is 557 g/mol. The van der Waals surface area contributed by atoms with E-state index < -0.39 is 0 Å². The Morgan fingerprint density at radius 2 is 0.711 bits per heavy atom. The Morgan fingerprint density at radius 1 is 0.395 bits per heavy atom. The maximum absolute atomic E-state index is 4.25. The molecule has 38 heavy (non-hydrogen) atoms. The molecule has 0 aromatic carbocycles. The molecule has 0 spiro atoms. The van der Waals surface area contributed by atoms with E-state index in [9.17, 15) is 0 Å². The third-order valence-corrected chi connectivity index (χ3v) is 5.05. The van der Waals surface area contributed by atoms with Gasteiger partial charge < -0.3 is 4.57 Å². The minimum Gasteiger partial charge on any atom is -0.332 e. The van der Waals surface area contributed by atoms with Crippen LogP contribution in [-0.2, 0) is 19.5 Å². The van der Waals surface area contributed by atoms with Crippen LogP contribution in [0.15, 0.2) is 146 Å². The third kappa shape index (κ3) is 8.50. The summed E-state index contributed by atoms with van der Waals surface area (Å²) in [6.45, 7) is 0. The standard InChI is InChI=1S/C11H10N2.2C10H8N2.Ru/c1-13-9-5-3-7-11(13)10-6-2-4-8-12-10;2*1-3-7-11-9(5-1)10-6-2-4-8-12-10;/h2-9H,1H2;2*1-8H;/q;;;+1. The Balaban J connectivity index is 0.000000156. The van der Waals surface area contributed by atoms with Gasteiger partial charge in [0, 0.05) is 38.0 Å². The summed E-state index contributed by atoms with van der Waals surface area (Å²) in [5, 5.41) is 0. The first kappa shape index (κ1) is 28.0. The largest absolute Gasteiger partial charge is 1.00 e. The van der Waals surface area contributed by atoms with Crippen molar-refractivity contribution in [3.8, 4) is 34.2 Å². The van der Waals surface area contributed by atoms with Crippen molar-refractivity contribution in [1.29, 1.82) is 0 Å². The van der Waals surface area contributed by atoms with Gasteiger partial charge in [0.25, 0.3) is 0 Å². The summed E-state index contributed by atoms with van der Waals surface area (Å²) in [4.78, 5) is 21.0. The van der Waals surface area contributed by atoms with Crippen molar-refractivity contribution >= 4 is 0 Å². The first-order valence-electron chi connectivity index (χ1n) is 11.7. The van der Waals surface area contributed by atoms with Gasteiger partial charge in [-0.15, -0.1) is 0 Å². The first-order valence-corrected chi connectivity index (χ1v) is 11.7. The number of nitrogens with zero attached hydrogens (tertiary/aromatic N) is 6. The zero-order valence-electron chi connectivity index (χ0n) is 20.6. The van der Waals surface area contributed by atoms with Crippen LogP contribution in [0, 0.1) is 7.05 Å². The number of rotatable bonds is 3. The van der Waals surface area contributed by atoms with E-state index in [-0.39, 0.29) is 19.5 Å². The summed E-state index contributed by atoms with van der Waals surface area (Å²) in [5.41, 5.74) is 5.62. The molecule has 0 aliphatic carbocycles. The van der Waals surface area contributed by atoms with E-state index >= 15 is 0 Å². The van der Waals surface area contributed by atoms with Crippen molar-refractivity contribution in [3.05, 3.63) is 153 Å². The second kappa shape index (κ2) is 15.5. The Bertz CT molecular complexity index is 1300. The summed E-state index contributed by atoms with van der Waals surface area (Å²) in [5.74, 6) is 0. The van der Waals surface area contributed by atoms with Gasteiger partial charge in [0.2, 0.25) is 0 Å². The molecule has 0 bridgehead atoms. The Hall–Kier alpha value is -4.61. The van der Waals surface area contributed by atoms with Crippen LogP contribution in [0.5, 0.6) is 0 Å². The fourth-order valence-electron chi connectivity index (χ4n) is 3.28. The fourth-order valence-corrected chi connectivity index (χ4v) is 3.28. The van der Waals surface area contributed by atoms with Gasteiger partial charge in [-0.25, -0.2) is 0 Å². The molecule has 1 radical (unpaired) electrons. The molecule has 6 aromatic heterocycles. The second-order valence-corrected chi connectivity index (χ2v) is 7.63. The van der Waals surface area contributed by atoms with Gasteiger partial charge in [0.05, 0.1) is 34.7 Å². The minimum absolute atomic E-state index is 0. The molecule has 0 amide bonds. The molecule has 0 aliphatic rings. The van der Waals surface area contributed by atoms with Gasteiger partial charge in [-0.05, 0) is 66.7 Å². The van der Waals surface area contributed by atoms with E-state index in [1.807, 2.05) is 120 Å². The maximum Gasteiger partial charge on any atom is 1.00 e. The maximum atomic E-state index is 4.25. The molecule has 187 valence electrons. The van der Waals surface area contributed by atoms with E-state index in [0.29, 0.717) is 0 Å². The van der Waals surface area contributed by atoms with Crippen LogP contribution < -0.4 is 4.57 Å². The van der Waals surface area contributed by atoms with Gasteiger partial charge >= 0.3 is 19.5 Å². The quantitative estimate of drug-likeness (QED) is 0.146. The van der Waals surface area contributed by atoms with Gasteiger partial charge in [0.1, 0.15) is 5.69 Å². The van der Waals surface area contributed by atoms with E-state index in [4.69, 9.17) is 0 Å². The van der Waals surface area contributed by atoms with Crippen molar-refractivity contribution in [3.63, 3.8) is 0 Å². The van der Waals surface area contributed by atoms with Crippen molar-refractivity contribution in [2.45, 2.75) is 0 Å². The van der Waals surface area contributed by atoms with E-state index in [2.05, 4.69) is 32.0 Å². The van der Waals surface area contributed by atoms with Gasteiger partial charge in [0.15, 0.2) is 0 Å². The molecule has 0 saturated carbocycles. The normalized spacial score (nSPS) is 9.47. The molecule has 0 atom stereocenters. The Labute approximate surface area is 236 Å². The van der Waals surface area contributed by atoms with Crippen LogP contribution in [0.1, 0.15) is 0 Å². The molecule has 0 saturated heterocycles. The molecule has 0 unspecified atom stereocenters. The fraction of sp³-hybridized carbons (Fsp3) is 0. The van der Waals surface area contributed by atoms with Crippen LogP contribution in [0.2, 0.25) is 0 Å². The predicted molar refractivity (Wildman–Crippen MR) is 146 cm³/mol. The summed E-state index contributed by atoms with van der Waals surface area (Å²) in [6.07, 6.45) is 10.8. The summed E-state index contributed by atoms with van der Waals surface area (Å²) >= 11 is 0. The number of pyridine rings is 6. The number of hydrogen-bond acceptors (Lipinski definition) is 5. The van der Waals surface area contributed by atoms with Crippen molar-refractivity contribution < 1.29 is 24.0 Å². The van der Waals surface area contributed by atoms with Crippen molar-refractivity contribution in [2.75, 3.05) is 0 Å². The SMILES string of the molecule is [CH2-][n+]1ccccc1-c1ccccn1.[Ru+].c1ccc(-c2ccccn2)nc1.c1ccc(-c2ccccn2)nc1. The zero-order valence-corrected chi connectivity index (χ0v) is 22.3. The Kier molecular flexibility index (Phi) is 11.4. The topological polar surface area (TPSA) is 68.3 Å². The third-order valence-electron chi connectivity index (χ3n) is 5.05. The summed E-state index contributed by atoms with van der Waals surface area (Å²) in [7, 11) is 3.87. The molecule has 0 aliphatic heterocycles. The van der Waals surface area contributed by atoms with Crippen LogP contribution in [-0.4, -0.2) is 24.9 Å². The molecule has 0 N–H and O–H groups in total. The average molecular weight is 584 g/mol. The van der Waals surface area contributed by atoms with Crippen LogP contribution in [0.25, 0.3) is 34.2 Å². The molecule has 6 rings (SSSR count). The van der Waals surface area contributed by atoms with Crippen LogP contribution >= 0.6 is 0 Å². The number of hydrogen-bond donors (Lipinski definition) is 0. The monoisotopic (exact) mass is 584 g/mol. The zero-order chi connectivity index (χ0) is 25.5. The van der Waals surface area contributed by atoms with Crippen LogP contribution in [0.3, 0.4) is 0 Å². The van der Waals surface area contributed by atoms with Crippen molar-refractivity contribution in [1.82, 2.24) is 24.9 Å². The van der Waals surface area contributed by atoms with E-state index in [1.54, 1.807) is 31.0 Å².